The van der Waals surface area contributed by atoms with Gasteiger partial charge in [-0.3, -0.25) is 0 Å². The maximum absolute atomic E-state index is 6.03. The lowest BCUT2D eigenvalue weighted by Crippen LogP contribution is -2.54. The molecule has 0 amide bonds. The molecule has 1 aliphatic rings. The second kappa shape index (κ2) is 8.55. The number of quaternary nitrogens is 1. The van der Waals surface area contributed by atoms with Gasteiger partial charge in [0.15, 0.2) is 0 Å². The topological polar surface area (TPSA) is 9.23 Å². The van der Waals surface area contributed by atoms with E-state index < -0.39 is 0 Å². The minimum absolute atomic E-state index is 0.373. The molecule has 0 radical (unpaired) electrons. The van der Waals surface area contributed by atoms with Gasteiger partial charge in [-0.25, -0.2) is 0 Å². The van der Waals surface area contributed by atoms with Gasteiger partial charge in [0.1, 0.15) is 19.2 Å². The Kier molecular flexibility index (Phi) is 6.72. The van der Waals surface area contributed by atoms with Gasteiger partial charge in [0.25, 0.3) is 0 Å². The van der Waals surface area contributed by atoms with Gasteiger partial charge < -0.3 is 9.22 Å². The van der Waals surface area contributed by atoms with Crippen molar-refractivity contribution in [2.45, 2.75) is 58.6 Å². The van der Waals surface area contributed by atoms with Gasteiger partial charge in [0, 0.05) is 12.2 Å². The quantitative estimate of drug-likeness (QED) is 0.509. The van der Waals surface area contributed by atoms with E-state index in [2.05, 4.69) is 44.2 Å². The summed E-state index contributed by atoms with van der Waals surface area (Å²) >= 11 is 0. The first-order valence-electron chi connectivity index (χ1n) is 8.75. The molecule has 1 atom stereocenters. The van der Waals surface area contributed by atoms with Gasteiger partial charge in [0.05, 0.1) is 13.1 Å². The molecule has 0 saturated carbocycles. The van der Waals surface area contributed by atoms with Crippen molar-refractivity contribution in [1.29, 1.82) is 0 Å². The summed E-state index contributed by atoms with van der Waals surface area (Å²) in [6, 6.07) is 11.0. The van der Waals surface area contributed by atoms with Crippen molar-refractivity contribution >= 4 is 0 Å². The highest BCUT2D eigenvalue weighted by molar-refractivity contribution is 5.13. The second-order valence-corrected chi connectivity index (χ2v) is 6.71. The molecule has 2 nitrogen and oxygen atoms in total. The Morgan fingerprint density at radius 3 is 2.48 bits per heavy atom. The highest BCUT2D eigenvalue weighted by Gasteiger charge is 2.32. The average molecular weight is 290 g/mol. The van der Waals surface area contributed by atoms with Crippen molar-refractivity contribution in [3.05, 3.63) is 35.9 Å². The summed E-state index contributed by atoms with van der Waals surface area (Å²) in [5.41, 5.74) is 1.47. The van der Waals surface area contributed by atoms with Crippen LogP contribution in [-0.4, -0.2) is 36.8 Å². The fourth-order valence-electron chi connectivity index (χ4n) is 3.59. The van der Waals surface area contributed by atoms with Crippen LogP contribution in [0.4, 0.5) is 0 Å². The zero-order chi connectivity index (χ0) is 15.0. The lowest BCUT2D eigenvalue weighted by Gasteiger charge is -2.43. The third-order valence-electron chi connectivity index (χ3n) is 4.67. The van der Waals surface area contributed by atoms with E-state index in [-0.39, 0.29) is 0 Å². The molecule has 1 saturated heterocycles. The van der Waals surface area contributed by atoms with Crippen LogP contribution in [0.25, 0.3) is 0 Å². The Morgan fingerprint density at radius 1 is 1.10 bits per heavy atom. The van der Waals surface area contributed by atoms with Crippen molar-refractivity contribution in [2.24, 2.45) is 0 Å². The predicted molar refractivity (Wildman–Crippen MR) is 89.2 cm³/mol. The molecule has 1 unspecified atom stereocenters. The number of rotatable bonds is 8. The Balaban J connectivity index is 1.96. The lowest BCUT2D eigenvalue weighted by molar-refractivity contribution is -0.947. The molecule has 0 N–H and O–H groups in total. The van der Waals surface area contributed by atoms with Crippen LogP contribution >= 0.6 is 0 Å². The first-order chi connectivity index (χ1) is 10.2. The number of unbranched alkanes of at least 4 members (excludes halogenated alkanes) is 1. The number of likely N-dealkylation sites (tertiary alicyclic amines) is 1. The largest absolute Gasteiger partial charge is 0.373 e. The third kappa shape index (κ3) is 5.44. The molecule has 2 heteroatoms. The predicted octanol–water partition coefficient (Wildman–Crippen LogP) is 4.39. The van der Waals surface area contributed by atoms with Crippen LogP contribution in [0.5, 0.6) is 0 Å². The molecule has 118 valence electrons. The van der Waals surface area contributed by atoms with Crippen molar-refractivity contribution in [1.82, 2.24) is 0 Å². The molecular weight excluding hydrogens is 258 g/mol. The van der Waals surface area contributed by atoms with E-state index in [1.165, 1.54) is 68.3 Å². The van der Waals surface area contributed by atoms with E-state index >= 15 is 0 Å². The van der Waals surface area contributed by atoms with Gasteiger partial charge in [-0.1, -0.05) is 43.7 Å². The molecule has 1 fully saturated rings. The minimum Gasteiger partial charge on any atom is -0.373 e. The molecule has 1 heterocycles. The van der Waals surface area contributed by atoms with Gasteiger partial charge in [-0.2, -0.15) is 0 Å². The van der Waals surface area contributed by atoms with E-state index in [1.807, 2.05) is 0 Å². The fourth-order valence-corrected chi connectivity index (χ4v) is 3.59. The highest BCUT2D eigenvalue weighted by Crippen LogP contribution is 2.24. The van der Waals surface area contributed by atoms with Crippen molar-refractivity contribution in [2.75, 3.05) is 26.2 Å². The van der Waals surface area contributed by atoms with E-state index in [0.717, 1.165) is 6.61 Å². The van der Waals surface area contributed by atoms with Gasteiger partial charge in [0.2, 0.25) is 0 Å². The zero-order valence-corrected chi connectivity index (χ0v) is 13.9. The van der Waals surface area contributed by atoms with Crippen LogP contribution in [0.15, 0.2) is 30.3 Å². The summed E-state index contributed by atoms with van der Waals surface area (Å²) in [6.07, 6.45) is 6.92. The Hall–Kier alpha value is -0.860. The molecule has 0 bridgehead atoms. The Morgan fingerprint density at radius 2 is 1.81 bits per heavy atom. The number of ether oxygens (including phenoxy) is 1. The zero-order valence-electron chi connectivity index (χ0n) is 13.9. The van der Waals surface area contributed by atoms with Crippen LogP contribution in [0.2, 0.25) is 0 Å². The van der Waals surface area contributed by atoms with Gasteiger partial charge in [-0.15, -0.1) is 0 Å². The molecular formula is C19H32NO+. The molecule has 0 spiro atoms. The summed E-state index contributed by atoms with van der Waals surface area (Å²) in [5, 5.41) is 0. The number of nitrogens with zero attached hydrogens (tertiary/aromatic N) is 1. The summed E-state index contributed by atoms with van der Waals surface area (Å²) < 4.78 is 7.25. The minimum atomic E-state index is 0.373. The van der Waals surface area contributed by atoms with E-state index in [9.17, 15) is 0 Å². The summed E-state index contributed by atoms with van der Waals surface area (Å²) in [7, 11) is 0. The molecule has 1 aromatic rings. The van der Waals surface area contributed by atoms with Crippen LogP contribution < -0.4 is 0 Å². The molecule has 0 aromatic heterocycles. The number of hydrogen-bond donors (Lipinski definition) is 0. The molecule has 0 aliphatic carbocycles. The highest BCUT2D eigenvalue weighted by atomic mass is 16.5. The first kappa shape index (κ1) is 16.5. The molecule has 21 heavy (non-hydrogen) atoms. The first-order valence-corrected chi connectivity index (χ1v) is 8.75. The van der Waals surface area contributed by atoms with E-state index in [0.29, 0.717) is 6.10 Å². The SMILES string of the molecule is CCCCOC(C)C[N+]1(Cc2ccccc2)CCCCC1. The fraction of sp³-hybridized carbons (Fsp3) is 0.684. The monoisotopic (exact) mass is 290 g/mol. The van der Waals surface area contributed by atoms with E-state index in [1.54, 1.807) is 0 Å². The normalized spacial score (nSPS) is 19.3. The van der Waals surface area contributed by atoms with Gasteiger partial charge in [-0.05, 0) is 32.6 Å². The summed E-state index contributed by atoms with van der Waals surface area (Å²) in [5.74, 6) is 0. The van der Waals surface area contributed by atoms with E-state index in [4.69, 9.17) is 4.74 Å². The number of benzene rings is 1. The third-order valence-corrected chi connectivity index (χ3v) is 4.67. The Labute approximate surface area is 130 Å². The summed E-state index contributed by atoms with van der Waals surface area (Å²) in [4.78, 5) is 0. The van der Waals surface area contributed by atoms with Crippen LogP contribution in [0, 0.1) is 0 Å². The Bertz CT molecular complexity index is 384. The van der Waals surface area contributed by atoms with Crippen LogP contribution in [-0.2, 0) is 11.3 Å². The average Bonchev–Trinajstić information content (AvgIpc) is 2.49. The second-order valence-electron chi connectivity index (χ2n) is 6.71. The van der Waals surface area contributed by atoms with Crippen molar-refractivity contribution in [3.8, 4) is 0 Å². The standard InChI is InChI=1S/C19H32NO/c1-3-4-15-21-18(2)16-20(13-9-6-10-14-20)17-19-11-7-5-8-12-19/h5,7-8,11-12,18H,3-4,6,9-10,13-17H2,1-2H3/q+1. The van der Waals surface area contributed by atoms with Gasteiger partial charge >= 0.3 is 0 Å². The molecule has 2 rings (SSSR count). The number of piperidine rings is 1. The van der Waals surface area contributed by atoms with Crippen LogP contribution in [0.3, 0.4) is 0 Å². The molecule has 1 aromatic carbocycles. The summed E-state index contributed by atoms with van der Waals surface area (Å²) in [6.45, 7) is 10.4. The maximum Gasteiger partial charge on any atom is 0.105 e. The lowest BCUT2D eigenvalue weighted by atomic mass is 10.0. The van der Waals surface area contributed by atoms with Crippen molar-refractivity contribution < 1.29 is 9.22 Å². The van der Waals surface area contributed by atoms with Crippen molar-refractivity contribution in [3.63, 3.8) is 0 Å². The number of hydrogen-bond acceptors (Lipinski definition) is 1. The smallest absolute Gasteiger partial charge is 0.105 e. The van der Waals surface area contributed by atoms with Crippen LogP contribution in [0.1, 0.15) is 51.5 Å². The maximum atomic E-state index is 6.03. The molecule has 1 aliphatic heterocycles.